The maximum Gasteiger partial charge on any atom is 0.178 e. The number of aromatic amines is 1. The minimum absolute atomic E-state index is 0.0138. The third-order valence-electron chi connectivity index (χ3n) is 2.52. The van der Waals surface area contributed by atoms with E-state index in [9.17, 15) is 5.11 Å². The first kappa shape index (κ1) is 8.97. The Morgan fingerprint density at radius 3 is 2.44 bits per heavy atom. The largest absolute Gasteiger partial charge is 0.338 e. The van der Waals surface area contributed by atoms with E-state index in [1.54, 1.807) is 24.3 Å². The molecule has 0 bridgehead atoms. The van der Waals surface area contributed by atoms with Crippen molar-refractivity contribution in [3.63, 3.8) is 0 Å². The molecule has 0 atom stereocenters. The number of H-pyrrole nitrogens is 1. The first-order valence-electron chi connectivity index (χ1n) is 5.05. The van der Waals surface area contributed by atoms with Crippen LogP contribution in [-0.2, 0) is 5.11 Å². The fraction of sp³-hybridized carbons (Fsp3) is 0. The maximum absolute atomic E-state index is 11.0. The van der Waals surface area contributed by atoms with Gasteiger partial charge in [-0.15, -0.1) is 0 Å². The van der Waals surface area contributed by atoms with Crippen molar-refractivity contribution in [1.82, 2.24) is 9.97 Å². The van der Waals surface area contributed by atoms with Crippen LogP contribution in [-0.4, -0.2) is 9.97 Å². The van der Waals surface area contributed by atoms with Crippen molar-refractivity contribution >= 4 is 11.0 Å². The zero-order valence-corrected chi connectivity index (χ0v) is 8.47. The van der Waals surface area contributed by atoms with E-state index < -0.39 is 0 Å². The summed E-state index contributed by atoms with van der Waals surface area (Å²) >= 11 is 0. The zero-order chi connectivity index (χ0) is 11.0. The van der Waals surface area contributed by atoms with E-state index in [1.807, 2.05) is 24.3 Å². The number of imidazole rings is 1. The summed E-state index contributed by atoms with van der Waals surface area (Å²) in [5.41, 5.74) is 2.86. The number of para-hydroxylation sites is 2. The average Bonchev–Trinajstić information content (AvgIpc) is 2.73. The van der Waals surface area contributed by atoms with Crippen molar-refractivity contribution in [3.8, 4) is 17.1 Å². The molecule has 1 aromatic heterocycles. The van der Waals surface area contributed by atoms with Crippen LogP contribution in [0.15, 0.2) is 48.5 Å². The van der Waals surface area contributed by atoms with Crippen LogP contribution in [0, 0.1) is 0 Å². The lowest BCUT2D eigenvalue weighted by Crippen LogP contribution is -1.78. The predicted molar refractivity (Wildman–Crippen MR) is 61.7 cm³/mol. The van der Waals surface area contributed by atoms with Crippen LogP contribution >= 0.6 is 0 Å². The number of fused-ring (bicyclic) bond motifs is 1. The average molecular weight is 209 g/mol. The maximum atomic E-state index is 11.0. The van der Waals surface area contributed by atoms with Gasteiger partial charge < -0.3 is 4.98 Å². The van der Waals surface area contributed by atoms with Crippen molar-refractivity contribution in [1.29, 1.82) is 0 Å². The molecule has 16 heavy (non-hydrogen) atoms. The SMILES string of the molecule is [O]c1ccc(-c2nc3ccccc3[nH]2)cc1. The van der Waals surface area contributed by atoms with Gasteiger partial charge in [0.25, 0.3) is 0 Å². The molecule has 0 saturated carbocycles. The second-order valence-electron chi connectivity index (χ2n) is 3.63. The molecule has 0 saturated heterocycles. The molecule has 77 valence electrons. The molecule has 0 aliphatic rings. The quantitative estimate of drug-likeness (QED) is 0.656. The Bertz CT molecular complexity index is 593. The first-order chi connectivity index (χ1) is 7.83. The molecule has 1 heterocycles. The van der Waals surface area contributed by atoms with E-state index in [2.05, 4.69) is 9.97 Å². The highest BCUT2D eigenvalue weighted by Gasteiger charge is 2.04. The lowest BCUT2D eigenvalue weighted by molar-refractivity contribution is 0.355. The normalized spacial score (nSPS) is 10.8. The molecule has 2 aromatic carbocycles. The lowest BCUT2D eigenvalue weighted by atomic mass is 10.2. The Balaban J connectivity index is 2.15. The second-order valence-corrected chi connectivity index (χ2v) is 3.63. The van der Waals surface area contributed by atoms with Gasteiger partial charge in [0.05, 0.1) is 11.0 Å². The molecular weight excluding hydrogens is 200 g/mol. The summed E-state index contributed by atoms with van der Waals surface area (Å²) in [5, 5.41) is 11.0. The molecule has 3 aromatic rings. The van der Waals surface area contributed by atoms with Crippen LogP contribution in [0.4, 0.5) is 0 Å². The summed E-state index contributed by atoms with van der Waals surface area (Å²) in [6.45, 7) is 0. The van der Waals surface area contributed by atoms with E-state index in [1.165, 1.54) is 0 Å². The molecule has 0 unspecified atom stereocenters. The minimum atomic E-state index is 0.0138. The third-order valence-corrected chi connectivity index (χ3v) is 2.52. The van der Waals surface area contributed by atoms with Crippen LogP contribution in [0.3, 0.4) is 0 Å². The Labute approximate surface area is 92.4 Å². The summed E-state index contributed by atoms with van der Waals surface area (Å²) in [7, 11) is 0. The van der Waals surface area contributed by atoms with Crippen LogP contribution in [0.2, 0.25) is 0 Å². The molecule has 0 aliphatic carbocycles. The van der Waals surface area contributed by atoms with E-state index in [4.69, 9.17) is 0 Å². The molecule has 0 aliphatic heterocycles. The molecule has 0 fully saturated rings. The molecule has 3 rings (SSSR count). The number of nitrogens with one attached hydrogen (secondary N) is 1. The summed E-state index contributed by atoms with van der Waals surface area (Å²) in [5.74, 6) is 0.807. The van der Waals surface area contributed by atoms with Gasteiger partial charge in [-0.2, -0.15) is 0 Å². The Kier molecular flexibility index (Phi) is 1.90. The molecule has 1 radical (unpaired) electrons. The Morgan fingerprint density at radius 2 is 1.69 bits per heavy atom. The molecule has 1 N–H and O–H groups in total. The van der Waals surface area contributed by atoms with E-state index in [-0.39, 0.29) is 5.75 Å². The highest BCUT2D eigenvalue weighted by atomic mass is 16.3. The third kappa shape index (κ3) is 1.42. The number of hydrogen-bond acceptors (Lipinski definition) is 1. The summed E-state index contributed by atoms with van der Waals surface area (Å²) < 4.78 is 0. The molecular formula is C13H9N2O. The van der Waals surface area contributed by atoms with Gasteiger partial charge in [0.1, 0.15) is 5.82 Å². The zero-order valence-electron chi connectivity index (χ0n) is 8.47. The number of aromatic nitrogens is 2. The Morgan fingerprint density at radius 1 is 0.938 bits per heavy atom. The van der Waals surface area contributed by atoms with Crippen molar-refractivity contribution in [2.24, 2.45) is 0 Å². The van der Waals surface area contributed by atoms with Gasteiger partial charge >= 0.3 is 0 Å². The lowest BCUT2D eigenvalue weighted by Gasteiger charge is -1.94. The van der Waals surface area contributed by atoms with Crippen LogP contribution in [0.25, 0.3) is 22.4 Å². The summed E-state index contributed by atoms with van der Waals surface area (Å²) in [6, 6.07) is 14.5. The topological polar surface area (TPSA) is 48.6 Å². The van der Waals surface area contributed by atoms with E-state index in [0.29, 0.717) is 0 Å². The van der Waals surface area contributed by atoms with Crippen molar-refractivity contribution in [3.05, 3.63) is 48.5 Å². The highest BCUT2D eigenvalue weighted by molar-refractivity contribution is 5.79. The van der Waals surface area contributed by atoms with Crippen molar-refractivity contribution in [2.45, 2.75) is 0 Å². The fourth-order valence-corrected chi connectivity index (χ4v) is 1.70. The summed E-state index contributed by atoms with van der Waals surface area (Å²) in [6.07, 6.45) is 0. The monoisotopic (exact) mass is 209 g/mol. The van der Waals surface area contributed by atoms with E-state index in [0.717, 1.165) is 22.4 Å². The van der Waals surface area contributed by atoms with Gasteiger partial charge in [-0.05, 0) is 36.4 Å². The molecule has 0 spiro atoms. The van der Waals surface area contributed by atoms with Gasteiger partial charge in [-0.1, -0.05) is 12.1 Å². The van der Waals surface area contributed by atoms with Crippen molar-refractivity contribution in [2.75, 3.05) is 0 Å². The number of rotatable bonds is 1. The van der Waals surface area contributed by atoms with Crippen LogP contribution < -0.4 is 0 Å². The van der Waals surface area contributed by atoms with E-state index >= 15 is 0 Å². The molecule has 3 nitrogen and oxygen atoms in total. The number of benzene rings is 2. The smallest absolute Gasteiger partial charge is 0.178 e. The Hall–Kier alpha value is -2.29. The van der Waals surface area contributed by atoms with Gasteiger partial charge in [0.15, 0.2) is 5.75 Å². The fourth-order valence-electron chi connectivity index (χ4n) is 1.70. The standard InChI is InChI=1S/C13H9N2O/c16-10-7-5-9(6-8-10)13-14-11-3-1-2-4-12(11)15-13/h1-8H,(H,14,15). The number of nitrogens with zero attached hydrogens (tertiary/aromatic N) is 1. The van der Waals surface area contributed by atoms with Crippen molar-refractivity contribution < 1.29 is 5.11 Å². The summed E-state index contributed by atoms with van der Waals surface area (Å²) in [4.78, 5) is 7.67. The molecule has 3 heteroatoms. The molecule has 0 amide bonds. The van der Waals surface area contributed by atoms with Gasteiger partial charge in [-0.3, -0.25) is 5.11 Å². The van der Waals surface area contributed by atoms with Gasteiger partial charge in [0, 0.05) is 5.56 Å². The first-order valence-corrected chi connectivity index (χ1v) is 5.05. The van der Waals surface area contributed by atoms with Crippen LogP contribution in [0.5, 0.6) is 5.75 Å². The predicted octanol–water partition coefficient (Wildman–Crippen LogP) is 3.37. The highest BCUT2D eigenvalue weighted by Crippen LogP contribution is 2.22. The van der Waals surface area contributed by atoms with Gasteiger partial charge in [-0.25, -0.2) is 4.98 Å². The second kappa shape index (κ2) is 3.38. The number of hydrogen-bond donors (Lipinski definition) is 1. The van der Waals surface area contributed by atoms with Crippen LogP contribution in [0.1, 0.15) is 0 Å². The van der Waals surface area contributed by atoms with Gasteiger partial charge in [0.2, 0.25) is 0 Å². The minimum Gasteiger partial charge on any atom is -0.338 e.